The molecule has 0 bridgehead atoms. The van der Waals surface area contributed by atoms with Gasteiger partial charge < -0.3 is 14.8 Å². The second-order valence-corrected chi connectivity index (χ2v) is 6.23. The molecule has 1 fully saturated rings. The molecule has 5 nitrogen and oxygen atoms in total. The lowest BCUT2D eigenvalue weighted by Gasteiger charge is -2.04. The maximum Gasteiger partial charge on any atom is 0.371 e. The lowest BCUT2D eigenvalue weighted by molar-refractivity contribution is -0.122. The number of amides is 1. The Hall–Kier alpha value is -1.98. The van der Waals surface area contributed by atoms with Gasteiger partial charge in [-0.05, 0) is 42.2 Å². The van der Waals surface area contributed by atoms with Gasteiger partial charge in [-0.3, -0.25) is 4.79 Å². The Kier molecular flexibility index (Phi) is 4.33. The van der Waals surface area contributed by atoms with Crippen LogP contribution < -0.4 is 5.32 Å². The summed E-state index contributed by atoms with van der Waals surface area (Å²) < 4.78 is 5.09. The monoisotopic (exact) mass is 353 g/mol. The number of carbonyl (C=O) groups is 2. The summed E-state index contributed by atoms with van der Waals surface area (Å²) in [6.45, 7) is 0.163. The van der Waals surface area contributed by atoms with E-state index in [1.807, 2.05) is 6.07 Å². The van der Waals surface area contributed by atoms with Crippen molar-refractivity contribution >= 4 is 35.1 Å². The quantitative estimate of drug-likeness (QED) is 0.858. The Morgan fingerprint density at radius 1 is 1.22 bits per heavy atom. The van der Waals surface area contributed by atoms with Crippen molar-refractivity contribution in [3.63, 3.8) is 0 Å². The molecule has 0 saturated heterocycles. The van der Waals surface area contributed by atoms with E-state index in [9.17, 15) is 9.59 Å². The van der Waals surface area contributed by atoms with Gasteiger partial charge in [0.05, 0.1) is 16.6 Å². The molecule has 1 aromatic heterocycles. The lowest BCUT2D eigenvalue weighted by atomic mass is 10.1. The van der Waals surface area contributed by atoms with E-state index in [1.54, 1.807) is 12.1 Å². The van der Waals surface area contributed by atoms with Crippen LogP contribution in [0.4, 0.5) is 0 Å². The third-order valence-electron chi connectivity index (χ3n) is 3.81. The van der Waals surface area contributed by atoms with Crippen LogP contribution in [0.15, 0.2) is 34.7 Å². The highest BCUT2D eigenvalue weighted by molar-refractivity contribution is 6.42. The number of aromatic carboxylic acids is 1. The van der Waals surface area contributed by atoms with E-state index < -0.39 is 5.97 Å². The molecule has 7 heteroatoms. The van der Waals surface area contributed by atoms with E-state index in [1.165, 1.54) is 12.1 Å². The molecule has 2 atom stereocenters. The average Bonchev–Trinajstić information content (AvgIpc) is 3.17. The number of hydrogen-bond donors (Lipinski definition) is 2. The second kappa shape index (κ2) is 6.26. The predicted molar refractivity (Wildman–Crippen MR) is 84.8 cm³/mol. The van der Waals surface area contributed by atoms with E-state index >= 15 is 0 Å². The van der Waals surface area contributed by atoms with Gasteiger partial charge in [-0.15, -0.1) is 0 Å². The molecule has 2 unspecified atom stereocenters. The second-order valence-electron chi connectivity index (χ2n) is 5.41. The number of carboxylic acids is 1. The van der Waals surface area contributed by atoms with Crippen molar-refractivity contribution in [3.05, 3.63) is 57.5 Å². The van der Waals surface area contributed by atoms with Crippen molar-refractivity contribution in [2.24, 2.45) is 5.92 Å². The highest BCUT2D eigenvalue weighted by Crippen LogP contribution is 2.48. The number of halogens is 2. The smallest absolute Gasteiger partial charge is 0.371 e. The summed E-state index contributed by atoms with van der Waals surface area (Å²) in [5, 5.41) is 12.5. The molecule has 0 spiro atoms. The number of nitrogens with one attached hydrogen (secondary N) is 1. The van der Waals surface area contributed by atoms with E-state index in [2.05, 4.69) is 5.32 Å². The van der Waals surface area contributed by atoms with Gasteiger partial charge in [-0.25, -0.2) is 4.79 Å². The molecule has 1 saturated carbocycles. The van der Waals surface area contributed by atoms with Crippen LogP contribution in [-0.2, 0) is 11.3 Å². The Morgan fingerprint density at radius 2 is 2.00 bits per heavy atom. The number of carbonyl (C=O) groups excluding carboxylic acids is 1. The minimum absolute atomic E-state index is 0.0886. The fourth-order valence-electron chi connectivity index (χ4n) is 2.49. The number of rotatable bonds is 5. The molecule has 1 amide bonds. The number of benzene rings is 1. The van der Waals surface area contributed by atoms with Crippen molar-refractivity contribution in [1.82, 2.24) is 5.32 Å². The molecule has 2 N–H and O–H groups in total. The van der Waals surface area contributed by atoms with Gasteiger partial charge in [-0.1, -0.05) is 29.3 Å². The molecular weight excluding hydrogens is 341 g/mol. The molecule has 1 heterocycles. The van der Waals surface area contributed by atoms with Crippen LogP contribution in [-0.4, -0.2) is 17.0 Å². The first-order valence-corrected chi connectivity index (χ1v) is 7.76. The molecular formula is C16H13Cl2NO4. The zero-order valence-electron chi connectivity index (χ0n) is 11.9. The van der Waals surface area contributed by atoms with Gasteiger partial charge in [0.2, 0.25) is 11.7 Å². The summed E-state index contributed by atoms with van der Waals surface area (Å²) in [6.07, 6.45) is 0.752. The van der Waals surface area contributed by atoms with Crippen LogP contribution in [0.5, 0.6) is 0 Å². The standard InChI is InChI=1S/C16H13Cl2NO4/c17-12-3-1-8(5-13(12)18)10-6-11(10)15(20)19-7-9-2-4-14(23-9)16(21)22/h1-5,10-11H,6-7H2,(H,19,20)(H,21,22). The Bertz CT molecular complexity index is 771. The number of hydrogen-bond acceptors (Lipinski definition) is 3. The number of furan rings is 1. The maximum atomic E-state index is 12.1. The Balaban J connectivity index is 1.55. The third kappa shape index (κ3) is 3.51. The summed E-state index contributed by atoms with van der Waals surface area (Å²) in [4.78, 5) is 22.8. The molecule has 0 aliphatic heterocycles. The first-order valence-electron chi connectivity index (χ1n) is 7.00. The summed E-state index contributed by atoms with van der Waals surface area (Å²) in [6, 6.07) is 8.28. The minimum atomic E-state index is -1.13. The first-order chi connectivity index (χ1) is 11.0. The van der Waals surface area contributed by atoms with Gasteiger partial charge >= 0.3 is 5.97 Å². The van der Waals surface area contributed by atoms with Crippen molar-refractivity contribution in [2.75, 3.05) is 0 Å². The lowest BCUT2D eigenvalue weighted by Crippen LogP contribution is -2.24. The van der Waals surface area contributed by atoms with Crippen molar-refractivity contribution in [3.8, 4) is 0 Å². The third-order valence-corrected chi connectivity index (χ3v) is 4.55. The highest BCUT2D eigenvalue weighted by atomic mass is 35.5. The Morgan fingerprint density at radius 3 is 2.65 bits per heavy atom. The zero-order valence-corrected chi connectivity index (χ0v) is 13.4. The van der Waals surface area contributed by atoms with Crippen molar-refractivity contribution < 1.29 is 19.1 Å². The summed E-state index contributed by atoms with van der Waals surface area (Å²) in [5.74, 6) is -0.937. The molecule has 3 rings (SSSR count). The maximum absolute atomic E-state index is 12.1. The van der Waals surface area contributed by atoms with E-state index in [0.29, 0.717) is 15.8 Å². The van der Waals surface area contributed by atoms with Crippen LogP contribution in [0.2, 0.25) is 10.0 Å². The fourth-order valence-corrected chi connectivity index (χ4v) is 2.80. The Labute approximate surface area is 142 Å². The van der Waals surface area contributed by atoms with Crippen LogP contribution in [0.1, 0.15) is 34.2 Å². The molecule has 1 aromatic carbocycles. The van der Waals surface area contributed by atoms with Gasteiger partial charge in [0.1, 0.15) is 5.76 Å². The topological polar surface area (TPSA) is 79.5 Å². The summed E-state index contributed by atoms with van der Waals surface area (Å²) in [7, 11) is 0. The molecule has 1 aliphatic rings. The van der Waals surface area contributed by atoms with E-state index in [4.69, 9.17) is 32.7 Å². The summed E-state index contributed by atoms with van der Waals surface area (Å²) in [5.41, 5.74) is 0.991. The average molecular weight is 354 g/mol. The van der Waals surface area contributed by atoms with Gasteiger partial charge in [0.25, 0.3) is 0 Å². The predicted octanol–water partition coefficient (Wildman–Crippen LogP) is 3.70. The molecule has 2 aromatic rings. The van der Waals surface area contributed by atoms with E-state index in [-0.39, 0.29) is 30.0 Å². The SMILES string of the molecule is O=C(O)c1ccc(CNC(=O)C2CC2c2ccc(Cl)c(Cl)c2)o1. The largest absolute Gasteiger partial charge is 0.475 e. The molecule has 120 valence electrons. The van der Waals surface area contributed by atoms with Gasteiger partial charge in [0.15, 0.2) is 0 Å². The van der Waals surface area contributed by atoms with Crippen molar-refractivity contribution in [2.45, 2.75) is 18.9 Å². The van der Waals surface area contributed by atoms with Crippen LogP contribution in [0.25, 0.3) is 0 Å². The van der Waals surface area contributed by atoms with Crippen LogP contribution in [0.3, 0.4) is 0 Å². The number of carboxylic acid groups (broad SMARTS) is 1. The summed E-state index contributed by atoms with van der Waals surface area (Å²) >= 11 is 11.9. The van der Waals surface area contributed by atoms with E-state index in [0.717, 1.165) is 12.0 Å². The van der Waals surface area contributed by atoms with Crippen LogP contribution in [0, 0.1) is 5.92 Å². The normalized spacial score (nSPS) is 19.4. The molecule has 0 radical (unpaired) electrons. The molecule has 1 aliphatic carbocycles. The zero-order chi connectivity index (χ0) is 16.6. The first kappa shape index (κ1) is 15.9. The van der Waals surface area contributed by atoms with Gasteiger partial charge in [-0.2, -0.15) is 0 Å². The minimum Gasteiger partial charge on any atom is -0.475 e. The molecule has 23 heavy (non-hydrogen) atoms. The van der Waals surface area contributed by atoms with Gasteiger partial charge in [0, 0.05) is 5.92 Å². The van der Waals surface area contributed by atoms with Crippen LogP contribution >= 0.6 is 23.2 Å². The fraction of sp³-hybridized carbons (Fsp3) is 0.250. The van der Waals surface area contributed by atoms with Crippen molar-refractivity contribution in [1.29, 1.82) is 0 Å². The highest BCUT2D eigenvalue weighted by Gasteiger charge is 2.43.